The SMILES string of the molecule is O=C(O)c1cn2c(n1)CCC(C1CC1)C2. The Morgan fingerprint density at radius 3 is 2.87 bits per heavy atom. The van der Waals surface area contributed by atoms with Crippen LogP contribution in [0.2, 0.25) is 0 Å². The molecule has 0 spiro atoms. The van der Waals surface area contributed by atoms with Crippen molar-refractivity contribution in [3.8, 4) is 0 Å². The Morgan fingerprint density at radius 2 is 2.20 bits per heavy atom. The minimum absolute atomic E-state index is 0.196. The first-order valence-corrected chi connectivity index (χ1v) is 5.53. The van der Waals surface area contributed by atoms with E-state index in [1.165, 1.54) is 19.3 Å². The zero-order chi connectivity index (χ0) is 10.4. The molecule has 3 rings (SSSR count). The number of carboxylic acid groups (broad SMARTS) is 1. The number of aromatic nitrogens is 2. The fraction of sp³-hybridized carbons (Fsp3) is 0.636. The predicted molar refractivity (Wildman–Crippen MR) is 53.7 cm³/mol. The van der Waals surface area contributed by atoms with Crippen LogP contribution in [0.1, 0.15) is 35.6 Å². The van der Waals surface area contributed by atoms with E-state index in [9.17, 15) is 4.79 Å². The molecule has 1 saturated carbocycles. The Morgan fingerprint density at radius 1 is 1.40 bits per heavy atom. The van der Waals surface area contributed by atoms with Crippen molar-refractivity contribution in [2.24, 2.45) is 11.8 Å². The number of hydrogen-bond acceptors (Lipinski definition) is 2. The van der Waals surface area contributed by atoms with Crippen molar-refractivity contribution in [3.63, 3.8) is 0 Å². The van der Waals surface area contributed by atoms with Crippen molar-refractivity contribution in [2.45, 2.75) is 32.2 Å². The summed E-state index contributed by atoms with van der Waals surface area (Å²) < 4.78 is 2.04. The molecule has 1 N–H and O–H groups in total. The summed E-state index contributed by atoms with van der Waals surface area (Å²) in [4.78, 5) is 14.9. The highest BCUT2D eigenvalue weighted by atomic mass is 16.4. The maximum Gasteiger partial charge on any atom is 0.356 e. The lowest BCUT2D eigenvalue weighted by molar-refractivity contribution is 0.0691. The zero-order valence-electron chi connectivity index (χ0n) is 8.52. The topological polar surface area (TPSA) is 55.1 Å². The summed E-state index contributed by atoms with van der Waals surface area (Å²) in [7, 11) is 0. The van der Waals surface area contributed by atoms with Crippen molar-refractivity contribution in [1.82, 2.24) is 9.55 Å². The van der Waals surface area contributed by atoms with Crippen LogP contribution in [-0.4, -0.2) is 20.6 Å². The Labute approximate surface area is 87.9 Å². The first kappa shape index (κ1) is 8.95. The highest BCUT2D eigenvalue weighted by Gasteiger charge is 2.34. The van der Waals surface area contributed by atoms with Crippen LogP contribution >= 0.6 is 0 Å². The van der Waals surface area contributed by atoms with Gasteiger partial charge in [-0.05, 0) is 31.1 Å². The number of fused-ring (bicyclic) bond motifs is 1. The van der Waals surface area contributed by atoms with Crippen LogP contribution in [0.5, 0.6) is 0 Å². The quantitative estimate of drug-likeness (QED) is 0.798. The first-order valence-electron chi connectivity index (χ1n) is 5.53. The van der Waals surface area contributed by atoms with Gasteiger partial charge in [-0.25, -0.2) is 9.78 Å². The molecule has 2 aliphatic rings. The van der Waals surface area contributed by atoms with E-state index in [-0.39, 0.29) is 5.69 Å². The average molecular weight is 206 g/mol. The Balaban J connectivity index is 1.85. The van der Waals surface area contributed by atoms with Gasteiger partial charge in [-0.1, -0.05) is 0 Å². The molecule has 0 radical (unpaired) electrons. The molecule has 1 fully saturated rings. The summed E-state index contributed by atoms with van der Waals surface area (Å²) in [6.45, 7) is 0.972. The van der Waals surface area contributed by atoms with Crippen molar-refractivity contribution in [2.75, 3.05) is 0 Å². The molecule has 1 aromatic rings. The van der Waals surface area contributed by atoms with Gasteiger partial charge in [0, 0.05) is 19.2 Å². The van der Waals surface area contributed by atoms with E-state index in [4.69, 9.17) is 5.11 Å². The largest absolute Gasteiger partial charge is 0.476 e. The lowest BCUT2D eigenvalue weighted by atomic mass is 9.95. The molecule has 0 saturated heterocycles. The van der Waals surface area contributed by atoms with Gasteiger partial charge in [0.25, 0.3) is 0 Å². The molecule has 4 nitrogen and oxygen atoms in total. The van der Waals surface area contributed by atoms with Crippen LogP contribution < -0.4 is 0 Å². The third-order valence-corrected chi connectivity index (χ3v) is 3.54. The minimum Gasteiger partial charge on any atom is -0.476 e. The summed E-state index contributed by atoms with van der Waals surface area (Å²) in [6.07, 6.45) is 6.53. The van der Waals surface area contributed by atoms with Gasteiger partial charge in [0.2, 0.25) is 0 Å². The highest BCUT2D eigenvalue weighted by Crippen LogP contribution is 2.41. The van der Waals surface area contributed by atoms with Crippen LogP contribution in [0.3, 0.4) is 0 Å². The molecule has 0 amide bonds. The van der Waals surface area contributed by atoms with Crippen LogP contribution in [0, 0.1) is 11.8 Å². The van der Waals surface area contributed by atoms with Crippen LogP contribution in [-0.2, 0) is 13.0 Å². The van der Waals surface area contributed by atoms with Gasteiger partial charge < -0.3 is 9.67 Å². The van der Waals surface area contributed by atoms with Crippen LogP contribution in [0.15, 0.2) is 6.20 Å². The summed E-state index contributed by atoms with van der Waals surface area (Å²) in [6, 6.07) is 0. The molecule has 0 bridgehead atoms. The Bertz CT molecular complexity index is 407. The van der Waals surface area contributed by atoms with Crippen molar-refractivity contribution < 1.29 is 9.90 Å². The van der Waals surface area contributed by atoms with Gasteiger partial charge in [0.15, 0.2) is 5.69 Å². The fourth-order valence-corrected chi connectivity index (χ4v) is 2.53. The van der Waals surface area contributed by atoms with Gasteiger partial charge in [0.05, 0.1) is 0 Å². The van der Waals surface area contributed by atoms with E-state index in [1.807, 2.05) is 4.57 Å². The van der Waals surface area contributed by atoms with Gasteiger partial charge in [-0.2, -0.15) is 0 Å². The lowest BCUT2D eigenvalue weighted by Crippen LogP contribution is -2.21. The van der Waals surface area contributed by atoms with E-state index < -0.39 is 5.97 Å². The molecule has 80 valence electrons. The third-order valence-electron chi connectivity index (χ3n) is 3.54. The number of rotatable bonds is 2. The molecule has 15 heavy (non-hydrogen) atoms. The number of nitrogens with zero attached hydrogens (tertiary/aromatic N) is 2. The first-order chi connectivity index (χ1) is 7.24. The maximum atomic E-state index is 10.8. The molecule has 1 aliphatic heterocycles. The highest BCUT2D eigenvalue weighted by molar-refractivity contribution is 5.85. The lowest BCUT2D eigenvalue weighted by Gasteiger charge is -2.23. The molecule has 1 atom stereocenters. The summed E-state index contributed by atoms with van der Waals surface area (Å²) in [5.74, 6) is 1.69. The number of aromatic carboxylic acids is 1. The Hall–Kier alpha value is -1.32. The second-order valence-electron chi connectivity index (χ2n) is 4.64. The van der Waals surface area contributed by atoms with Crippen molar-refractivity contribution in [1.29, 1.82) is 0 Å². The molecule has 4 heteroatoms. The molecule has 2 heterocycles. The van der Waals surface area contributed by atoms with E-state index >= 15 is 0 Å². The van der Waals surface area contributed by atoms with Gasteiger partial charge >= 0.3 is 5.97 Å². The van der Waals surface area contributed by atoms with E-state index in [0.717, 1.165) is 30.6 Å². The number of carboxylic acids is 1. The van der Waals surface area contributed by atoms with E-state index in [1.54, 1.807) is 6.20 Å². The monoisotopic (exact) mass is 206 g/mol. The number of aryl methyl sites for hydroxylation is 1. The average Bonchev–Trinajstić information content (AvgIpc) is 2.96. The van der Waals surface area contributed by atoms with E-state index in [2.05, 4.69) is 4.98 Å². The van der Waals surface area contributed by atoms with Gasteiger partial charge in [0.1, 0.15) is 5.82 Å². The number of imidazole rings is 1. The second kappa shape index (κ2) is 3.08. The molecule has 1 unspecified atom stereocenters. The summed E-state index contributed by atoms with van der Waals surface area (Å²) in [5.41, 5.74) is 0.196. The number of hydrogen-bond donors (Lipinski definition) is 1. The van der Waals surface area contributed by atoms with Crippen LogP contribution in [0.25, 0.3) is 0 Å². The minimum atomic E-state index is -0.917. The van der Waals surface area contributed by atoms with E-state index in [0.29, 0.717) is 0 Å². The van der Waals surface area contributed by atoms with Crippen LogP contribution in [0.4, 0.5) is 0 Å². The van der Waals surface area contributed by atoms with Crippen molar-refractivity contribution in [3.05, 3.63) is 17.7 Å². The fourth-order valence-electron chi connectivity index (χ4n) is 2.53. The second-order valence-corrected chi connectivity index (χ2v) is 4.64. The Kier molecular flexibility index (Phi) is 1.84. The standard InChI is InChI=1S/C11H14N2O2/c14-11(15)9-6-13-5-8(7-1-2-7)3-4-10(13)12-9/h6-8H,1-5H2,(H,14,15). The molecule has 0 aromatic carbocycles. The molecular formula is C11H14N2O2. The zero-order valence-corrected chi connectivity index (χ0v) is 8.52. The molecular weight excluding hydrogens is 192 g/mol. The normalized spacial score (nSPS) is 24.9. The van der Waals surface area contributed by atoms with Gasteiger partial charge in [-0.3, -0.25) is 0 Å². The number of carbonyl (C=O) groups is 1. The maximum absolute atomic E-state index is 10.8. The third kappa shape index (κ3) is 1.54. The molecule has 1 aliphatic carbocycles. The molecule has 1 aromatic heterocycles. The summed E-state index contributed by atoms with van der Waals surface area (Å²) >= 11 is 0. The smallest absolute Gasteiger partial charge is 0.356 e. The predicted octanol–water partition coefficient (Wildman–Crippen LogP) is 1.55. The summed E-state index contributed by atoms with van der Waals surface area (Å²) in [5, 5.41) is 8.85. The van der Waals surface area contributed by atoms with Crippen molar-refractivity contribution >= 4 is 5.97 Å². The van der Waals surface area contributed by atoms with Gasteiger partial charge in [-0.15, -0.1) is 0 Å².